The van der Waals surface area contributed by atoms with Crippen LogP contribution in [-0.4, -0.2) is 23.0 Å². The van der Waals surface area contributed by atoms with Gasteiger partial charge in [-0.1, -0.05) is 19.1 Å². The van der Waals surface area contributed by atoms with Crippen molar-refractivity contribution in [1.82, 2.24) is 4.90 Å². The summed E-state index contributed by atoms with van der Waals surface area (Å²) in [6, 6.07) is 0.630. The normalized spacial score (nSPS) is 26.7. The molecule has 0 radical (unpaired) electrons. The van der Waals surface area contributed by atoms with E-state index < -0.39 is 0 Å². The molecule has 0 aromatic heterocycles. The lowest BCUT2D eigenvalue weighted by atomic mass is 10.0. The second-order valence-corrected chi connectivity index (χ2v) is 4.70. The maximum atomic E-state index is 4.13. The van der Waals surface area contributed by atoms with Crippen LogP contribution in [0, 0.1) is 0 Å². The molecule has 0 aromatic rings. The highest BCUT2D eigenvalue weighted by Gasteiger charge is 2.33. The minimum Gasteiger partial charge on any atom is -0.292 e. The third-order valence-corrected chi connectivity index (χ3v) is 2.77. The van der Waals surface area contributed by atoms with Crippen LogP contribution in [0.2, 0.25) is 0 Å². The van der Waals surface area contributed by atoms with Crippen molar-refractivity contribution >= 4 is 0 Å². The predicted octanol–water partition coefficient (Wildman–Crippen LogP) is 2.83. The van der Waals surface area contributed by atoms with Crippen LogP contribution in [0.5, 0.6) is 0 Å². The smallest absolute Gasteiger partial charge is 0.0308 e. The molecule has 0 amide bonds. The average Bonchev–Trinajstić information content (AvgIpc) is 2.29. The van der Waals surface area contributed by atoms with Gasteiger partial charge in [0.15, 0.2) is 0 Å². The summed E-state index contributed by atoms with van der Waals surface area (Å²) in [6.45, 7) is 14.4. The first-order chi connectivity index (χ1) is 5.46. The highest BCUT2D eigenvalue weighted by molar-refractivity contribution is 5.13. The Morgan fingerprint density at radius 3 is 2.42 bits per heavy atom. The molecule has 1 unspecified atom stereocenters. The van der Waals surface area contributed by atoms with Gasteiger partial charge in [0.05, 0.1) is 0 Å². The zero-order valence-corrected chi connectivity index (χ0v) is 8.85. The molecule has 1 nitrogen and oxygen atoms in total. The Kier molecular flexibility index (Phi) is 2.62. The summed E-state index contributed by atoms with van der Waals surface area (Å²) in [5, 5.41) is 0. The summed E-state index contributed by atoms with van der Waals surface area (Å²) in [4.78, 5) is 2.56. The van der Waals surface area contributed by atoms with Crippen LogP contribution in [0.1, 0.15) is 40.5 Å². The van der Waals surface area contributed by atoms with E-state index in [9.17, 15) is 0 Å². The quantitative estimate of drug-likeness (QED) is 0.543. The summed E-state index contributed by atoms with van der Waals surface area (Å²) < 4.78 is 0. The Morgan fingerprint density at radius 2 is 2.08 bits per heavy atom. The molecule has 0 spiro atoms. The molecule has 0 aromatic carbocycles. The van der Waals surface area contributed by atoms with Crippen molar-refractivity contribution in [3.63, 3.8) is 0 Å². The first-order valence-corrected chi connectivity index (χ1v) is 4.91. The maximum Gasteiger partial charge on any atom is 0.0308 e. The lowest BCUT2D eigenvalue weighted by Crippen LogP contribution is -2.44. The highest BCUT2D eigenvalue weighted by atomic mass is 15.2. The minimum atomic E-state index is 0.306. The predicted molar refractivity (Wildman–Crippen MR) is 54.3 cm³/mol. The van der Waals surface area contributed by atoms with Crippen molar-refractivity contribution in [3.05, 3.63) is 12.2 Å². The van der Waals surface area contributed by atoms with E-state index in [1.165, 1.54) is 25.0 Å². The SMILES string of the molecule is C=C1CCN(C(C)(C)C)C1CC. The van der Waals surface area contributed by atoms with Crippen LogP contribution in [0.15, 0.2) is 12.2 Å². The number of hydrogen-bond acceptors (Lipinski definition) is 1. The number of hydrogen-bond donors (Lipinski definition) is 0. The Labute approximate surface area is 76.5 Å². The molecule has 0 aliphatic carbocycles. The molecule has 1 aliphatic rings. The second kappa shape index (κ2) is 3.21. The first-order valence-electron chi connectivity index (χ1n) is 4.91. The van der Waals surface area contributed by atoms with Crippen molar-refractivity contribution in [3.8, 4) is 0 Å². The summed E-state index contributed by atoms with van der Waals surface area (Å²) in [6.07, 6.45) is 2.39. The molecule has 1 heterocycles. The van der Waals surface area contributed by atoms with Crippen molar-refractivity contribution in [2.45, 2.75) is 52.1 Å². The molecule has 0 bridgehead atoms. The van der Waals surface area contributed by atoms with Gasteiger partial charge in [-0.3, -0.25) is 4.90 Å². The first kappa shape index (κ1) is 9.79. The highest BCUT2D eigenvalue weighted by Crippen LogP contribution is 2.30. The van der Waals surface area contributed by atoms with Gasteiger partial charge in [0.2, 0.25) is 0 Å². The van der Waals surface area contributed by atoms with E-state index in [0.29, 0.717) is 11.6 Å². The summed E-state index contributed by atoms with van der Waals surface area (Å²) in [5.74, 6) is 0. The van der Waals surface area contributed by atoms with Gasteiger partial charge in [-0.25, -0.2) is 0 Å². The van der Waals surface area contributed by atoms with Crippen LogP contribution >= 0.6 is 0 Å². The lowest BCUT2D eigenvalue weighted by Gasteiger charge is -2.36. The van der Waals surface area contributed by atoms with Crippen LogP contribution in [-0.2, 0) is 0 Å². The fraction of sp³-hybridized carbons (Fsp3) is 0.818. The van der Waals surface area contributed by atoms with E-state index in [-0.39, 0.29) is 0 Å². The van der Waals surface area contributed by atoms with Crippen molar-refractivity contribution in [2.24, 2.45) is 0 Å². The van der Waals surface area contributed by atoms with Gasteiger partial charge in [-0.05, 0) is 33.6 Å². The van der Waals surface area contributed by atoms with E-state index >= 15 is 0 Å². The molecule has 1 atom stereocenters. The Morgan fingerprint density at radius 1 is 1.50 bits per heavy atom. The van der Waals surface area contributed by atoms with Crippen LogP contribution in [0.4, 0.5) is 0 Å². The van der Waals surface area contributed by atoms with Crippen LogP contribution in [0.3, 0.4) is 0 Å². The van der Waals surface area contributed by atoms with Gasteiger partial charge in [0.1, 0.15) is 0 Å². The molecule has 12 heavy (non-hydrogen) atoms. The second-order valence-electron chi connectivity index (χ2n) is 4.70. The van der Waals surface area contributed by atoms with Gasteiger partial charge >= 0.3 is 0 Å². The molecule has 1 fully saturated rings. The molecule has 0 N–H and O–H groups in total. The lowest BCUT2D eigenvalue weighted by molar-refractivity contribution is 0.128. The van der Waals surface area contributed by atoms with Gasteiger partial charge in [0, 0.05) is 18.1 Å². The van der Waals surface area contributed by atoms with Crippen LogP contribution in [0.25, 0.3) is 0 Å². The van der Waals surface area contributed by atoms with Gasteiger partial charge in [0.25, 0.3) is 0 Å². The summed E-state index contributed by atoms with van der Waals surface area (Å²) >= 11 is 0. The zero-order chi connectivity index (χ0) is 9.35. The van der Waals surface area contributed by atoms with E-state index in [1.54, 1.807) is 0 Å². The van der Waals surface area contributed by atoms with Gasteiger partial charge in [-0.15, -0.1) is 0 Å². The number of nitrogens with zero attached hydrogens (tertiary/aromatic N) is 1. The topological polar surface area (TPSA) is 3.24 Å². The molecule has 1 rings (SSSR count). The van der Waals surface area contributed by atoms with Crippen molar-refractivity contribution in [1.29, 1.82) is 0 Å². The fourth-order valence-corrected chi connectivity index (χ4v) is 2.12. The van der Waals surface area contributed by atoms with Crippen molar-refractivity contribution in [2.75, 3.05) is 6.54 Å². The minimum absolute atomic E-state index is 0.306. The monoisotopic (exact) mass is 167 g/mol. The molecule has 1 heteroatoms. The third kappa shape index (κ3) is 1.71. The third-order valence-electron chi connectivity index (χ3n) is 2.77. The summed E-state index contributed by atoms with van der Waals surface area (Å²) in [7, 11) is 0. The maximum absolute atomic E-state index is 4.13. The molecular weight excluding hydrogens is 146 g/mol. The van der Waals surface area contributed by atoms with E-state index in [1.807, 2.05) is 0 Å². The standard InChI is InChI=1S/C11H21N/c1-6-10-9(2)7-8-12(10)11(3,4)5/h10H,2,6-8H2,1,3-5H3. The van der Waals surface area contributed by atoms with Crippen molar-refractivity contribution < 1.29 is 0 Å². The average molecular weight is 167 g/mol. The van der Waals surface area contributed by atoms with Gasteiger partial charge in [-0.2, -0.15) is 0 Å². The molecule has 0 saturated carbocycles. The molecular formula is C11H21N. The molecule has 1 aliphatic heterocycles. The Bertz CT molecular complexity index is 176. The largest absolute Gasteiger partial charge is 0.292 e. The summed E-state index contributed by atoms with van der Waals surface area (Å²) in [5.41, 5.74) is 1.73. The van der Waals surface area contributed by atoms with Gasteiger partial charge < -0.3 is 0 Å². The number of rotatable bonds is 1. The Hall–Kier alpha value is -0.300. The zero-order valence-electron chi connectivity index (χ0n) is 8.85. The van der Waals surface area contributed by atoms with E-state index in [4.69, 9.17) is 0 Å². The number of likely N-dealkylation sites (tertiary alicyclic amines) is 1. The molecule has 70 valence electrons. The van der Waals surface area contributed by atoms with E-state index in [0.717, 1.165) is 0 Å². The van der Waals surface area contributed by atoms with E-state index in [2.05, 4.69) is 39.2 Å². The van der Waals surface area contributed by atoms with Crippen LogP contribution < -0.4 is 0 Å². The Balaban J connectivity index is 2.73. The molecule has 1 saturated heterocycles. The fourth-order valence-electron chi connectivity index (χ4n) is 2.12.